The predicted octanol–water partition coefficient (Wildman–Crippen LogP) is -1.45. The van der Waals surface area contributed by atoms with Crippen molar-refractivity contribution >= 4 is 10.4 Å². The van der Waals surface area contributed by atoms with Crippen LogP contribution in [0.25, 0.3) is 0 Å². The van der Waals surface area contributed by atoms with Crippen molar-refractivity contribution in [1.82, 2.24) is 0 Å². The van der Waals surface area contributed by atoms with Crippen LogP contribution < -0.4 is 0 Å². The molecule has 0 unspecified atom stereocenters. The Kier molecular flexibility index (Phi) is 1.71. The molecule has 0 bridgehead atoms. The molecule has 8 heavy (non-hydrogen) atoms. The van der Waals surface area contributed by atoms with E-state index in [9.17, 15) is 13.0 Å². The second-order valence-corrected chi connectivity index (χ2v) is 1.69. The Labute approximate surface area is 43.9 Å². The lowest BCUT2D eigenvalue weighted by molar-refractivity contribution is -0.947. The molecule has 0 aromatic heterocycles. The largest absolute Gasteiger partial charge is 0.711 e. The molecule has 0 radical (unpaired) electrons. The van der Waals surface area contributed by atoms with Crippen molar-refractivity contribution in [1.29, 1.82) is 0 Å². The van der Waals surface area contributed by atoms with Crippen molar-refractivity contribution in [2.45, 2.75) is 0 Å². The third-order valence-corrected chi connectivity index (χ3v) is 0.465. The van der Waals surface area contributed by atoms with Crippen molar-refractivity contribution in [3.05, 3.63) is 4.91 Å². The quantitative estimate of drug-likeness (QED) is 0.287. The molecule has 48 valence electrons. The van der Waals surface area contributed by atoms with E-state index < -0.39 is 15.5 Å². The zero-order valence-corrected chi connectivity index (χ0v) is 4.16. The minimum absolute atomic E-state index is 1.44. The average molecular weight is 143 g/mol. The summed E-state index contributed by atoms with van der Waals surface area (Å²) in [4.78, 5) is 9.13. The van der Waals surface area contributed by atoms with Gasteiger partial charge in [0.25, 0.3) is 0 Å². The first-order valence-electron chi connectivity index (χ1n) is 1.23. The van der Waals surface area contributed by atoms with Crippen LogP contribution in [-0.2, 0) is 14.7 Å². The first-order chi connectivity index (χ1) is 3.42. The number of rotatable bonds is 2. The summed E-state index contributed by atoms with van der Waals surface area (Å²) in [7, 11) is -5.11. The van der Waals surface area contributed by atoms with Crippen molar-refractivity contribution in [2.24, 2.45) is 0 Å². The molecule has 0 atom stereocenters. The highest BCUT2D eigenvalue weighted by Crippen LogP contribution is 1.81. The fourth-order valence-corrected chi connectivity index (χ4v) is 0.234. The topological polar surface area (TPSA) is 107 Å². The molecule has 0 saturated heterocycles. The van der Waals surface area contributed by atoms with Gasteiger partial charge in [-0.05, 0) is 0 Å². The van der Waals surface area contributed by atoms with E-state index in [0.717, 1.165) is 0 Å². The van der Waals surface area contributed by atoms with Crippen LogP contribution in [0.1, 0.15) is 0 Å². The van der Waals surface area contributed by atoms with Crippen LogP contribution in [0.2, 0.25) is 0 Å². The molecule has 1 N–H and O–H groups in total. The Bertz CT molecular complexity index is 175. The monoisotopic (exact) mass is 143 g/mol. The van der Waals surface area contributed by atoms with E-state index in [4.69, 9.17) is 10.1 Å². The Morgan fingerprint density at radius 3 is 2.00 bits per heavy atom. The molecule has 0 spiro atoms. The number of nitrogens with zero attached hydrogens (tertiary/aromatic N) is 1. The maximum Gasteiger partial charge on any atom is 0.491 e. The van der Waals surface area contributed by atoms with Crippen LogP contribution in [-0.4, -0.2) is 23.3 Å². The molecular formula is HNO6S. The SMILES string of the molecule is O=[N+](O)OS(=O)(=O)[O-]. The van der Waals surface area contributed by atoms with Gasteiger partial charge in [-0.15, -0.1) is 0 Å². The molecule has 0 aromatic carbocycles. The summed E-state index contributed by atoms with van der Waals surface area (Å²) in [5.74, 6) is 0. The van der Waals surface area contributed by atoms with Gasteiger partial charge in [0.1, 0.15) is 4.91 Å². The van der Waals surface area contributed by atoms with Crippen LogP contribution >= 0.6 is 0 Å². The van der Waals surface area contributed by atoms with Gasteiger partial charge in [0.2, 0.25) is 0 Å². The highest BCUT2D eigenvalue weighted by molar-refractivity contribution is 7.80. The van der Waals surface area contributed by atoms with Crippen molar-refractivity contribution in [2.75, 3.05) is 0 Å². The second kappa shape index (κ2) is 1.92. The summed E-state index contributed by atoms with van der Waals surface area (Å²) < 4.78 is 30.5. The minimum Gasteiger partial charge on any atom is -0.711 e. The Morgan fingerprint density at radius 2 is 2.00 bits per heavy atom. The lowest BCUT2D eigenvalue weighted by atomic mass is 13.1. The Balaban J connectivity index is 3.95. The molecule has 0 heterocycles. The van der Waals surface area contributed by atoms with E-state index in [1.807, 2.05) is 0 Å². The summed E-state index contributed by atoms with van der Waals surface area (Å²) in [5, 5.41) is 5.92. The molecule has 0 aromatic rings. The van der Waals surface area contributed by atoms with Crippen LogP contribution in [0.5, 0.6) is 0 Å². The van der Waals surface area contributed by atoms with Crippen LogP contribution in [0.15, 0.2) is 0 Å². The van der Waals surface area contributed by atoms with Gasteiger partial charge in [-0.1, -0.05) is 4.28 Å². The molecule has 8 heteroatoms. The zero-order valence-electron chi connectivity index (χ0n) is 3.34. The van der Waals surface area contributed by atoms with E-state index in [2.05, 4.69) is 4.28 Å². The van der Waals surface area contributed by atoms with Crippen molar-refractivity contribution in [3.63, 3.8) is 0 Å². The van der Waals surface area contributed by atoms with Crippen LogP contribution in [0.3, 0.4) is 0 Å². The van der Waals surface area contributed by atoms with Crippen molar-refractivity contribution < 1.29 is 27.5 Å². The van der Waals surface area contributed by atoms with Gasteiger partial charge in [-0.3, -0.25) is 0 Å². The normalized spacial score (nSPS) is 10.6. The van der Waals surface area contributed by atoms with Gasteiger partial charge in [-0.25, -0.2) is 0 Å². The molecular weight excluding hydrogens is 142 g/mol. The van der Waals surface area contributed by atoms with E-state index in [1.165, 1.54) is 0 Å². The Hall–Kier alpha value is -0.890. The molecule has 0 aliphatic heterocycles. The molecule has 0 rings (SSSR count). The summed E-state index contributed by atoms with van der Waals surface area (Å²) in [6.07, 6.45) is 0. The molecule has 0 amide bonds. The first kappa shape index (κ1) is 7.11. The summed E-state index contributed by atoms with van der Waals surface area (Å²) >= 11 is 0. The summed E-state index contributed by atoms with van der Waals surface area (Å²) in [6, 6.07) is 0. The summed E-state index contributed by atoms with van der Waals surface area (Å²) in [5.41, 5.74) is 0. The fraction of sp³-hybridized carbons (Fsp3) is 0. The molecule has 7 nitrogen and oxygen atoms in total. The van der Waals surface area contributed by atoms with E-state index in [-0.39, 0.29) is 0 Å². The predicted molar refractivity (Wildman–Crippen MR) is 16.2 cm³/mol. The van der Waals surface area contributed by atoms with E-state index in [0.29, 0.717) is 0 Å². The molecule has 0 aliphatic rings. The fourth-order valence-electron chi connectivity index (χ4n) is 0.0781. The zero-order chi connectivity index (χ0) is 6.78. The van der Waals surface area contributed by atoms with Crippen LogP contribution in [0.4, 0.5) is 0 Å². The molecule has 0 saturated carbocycles. The minimum atomic E-state index is -5.11. The molecule has 0 aliphatic carbocycles. The average Bonchev–Trinajstić information content (AvgIpc) is 1.21. The lowest BCUT2D eigenvalue weighted by Gasteiger charge is -1.91. The van der Waals surface area contributed by atoms with E-state index in [1.54, 1.807) is 0 Å². The third-order valence-electron chi connectivity index (χ3n) is 0.155. The summed E-state index contributed by atoms with van der Waals surface area (Å²) in [6.45, 7) is 0. The van der Waals surface area contributed by atoms with Gasteiger partial charge in [0.05, 0.1) is 0 Å². The smallest absolute Gasteiger partial charge is 0.491 e. The van der Waals surface area contributed by atoms with Gasteiger partial charge in [-0.2, -0.15) is 13.6 Å². The van der Waals surface area contributed by atoms with E-state index >= 15 is 0 Å². The standard InChI is InChI=1S/HNO6S/c2-1(3)7-8(4,5)6/h(H-,2,3,4,5,6). The molecule has 0 fully saturated rings. The number of hydrogen-bond donors (Lipinski definition) is 1. The highest BCUT2D eigenvalue weighted by Gasteiger charge is 2.09. The second-order valence-electron chi connectivity index (χ2n) is 0.721. The van der Waals surface area contributed by atoms with Gasteiger partial charge < -0.3 is 4.55 Å². The third kappa shape index (κ3) is 5.11. The number of hydrogen-bond acceptors (Lipinski definition) is 5. The lowest BCUT2D eigenvalue weighted by Crippen LogP contribution is -2.11. The highest BCUT2D eigenvalue weighted by atomic mass is 32.3. The Morgan fingerprint density at radius 1 is 1.62 bits per heavy atom. The van der Waals surface area contributed by atoms with Crippen molar-refractivity contribution in [3.8, 4) is 0 Å². The van der Waals surface area contributed by atoms with Gasteiger partial charge >= 0.3 is 15.5 Å². The van der Waals surface area contributed by atoms with Crippen LogP contribution in [0, 0.1) is 4.91 Å². The maximum atomic E-state index is 9.26. The van der Waals surface area contributed by atoms with Gasteiger partial charge in [0, 0.05) is 0 Å². The first-order valence-corrected chi connectivity index (χ1v) is 2.57. The maximum absolute atomic E-state index is 9.26. The van der Waals surface area contributed by atoms with Gasteiger partial charge in [0.15, 0.2) is 0 Å².